The number of likely N-dealkylation sites (tertiary alicyclic amines) is 1. The molecule has 2 heterocycles. The van der Waals surface area contributed by atoms with Crippen LogP contribution in [0.25, 0.3) is 0 Å². The molecule has 0 radical (unpaired) electrons. The maximum absolute atomic E-state index is 12.8. The van der Waals surface area contributed by atoms with E-state index in [0.717, 1.165) is 12.8 Å². The molecule has 1 fully saturated rings. The summed E-state index contributed by atoms with van der Waals surface area (Å²) in [6.07, 6.45) is 2.47. The molecule has 0 aliphatic carbocycles. The summed E-state index contributed by atoms with van der Waals surface area (Å²) in [4.78, 5) is 39.6. The molecule has 0 saturated carbocycles. The van der Waals surface area contributed by atoms with Gasteiger partial charge in [-0.2, -0.15) is 0 Å². The summed E-state index contributed by atoms with van der Waals surface area (Å²) in [5.41, 5.74) is 0.533. The van der Waals surface area contributed by atoms with Gasteiger partial charge in [0.15, 0.2) is 0 Å². The second-order valence-electron chi connectivity index (χ2n) is 6.70. The van der Waals surface area contributed by atoms with Crippen LogP contribution in [0.15, 0.2) is 35.7 Å². The molecule has 2 N–H and O–H groups in total. The highest BCUT2D eigenvalue weighted by atomic mass is 35.5. The average Bonchev–Trinajstić information content (AvgIpc) is 3.25. The van der Waals surface area contributed by atoms with Crippen LogP contribution in [0, 0.1) is 0 Å². The number of carbonyl (C=O) groups excluding carboxylic acids is 3. The summed E-state index contributed by atoms with van der Waals surface area (Å²) >= 11 is 13.3. The van der Waals surface area contributed by atoms with Gasteiger partial charge in [-0.25, -0.2) is 0 Å². The van der Waals surface area contributed by atoms with Crippen LogP contribution in [0.1, 0.15) is 35.4 Å². The summed E-state index contributed by atoms with van der Waals surface area (Å²) < 4.78 is 0. The molecule has 9 heteroatoms. The maximum Gasteiger partial charge on any atom is 0.261 e. The van der Waals surface area contributed by atoms with Crippen molar-refractivity contribution in [3.05, 3.63) is 50.6 Å². The van der Waals surface area contributed by atoms with Crippen molar-refractivity contribution in [2.75, 3.05) is 18.4 Å². The Morgan fingerprint density at radius 1 is 1.14 bits per heavy atom. The standard InChI is InChI=1S/C20H21Cl2N3O3S/c21-14-7-6-13(12-15(14)22)24-19(27)16-4-1-2-10-25(16)18(26)8-9-23-20(28)17-5-3-11-29-17/h3,5-7,11-12,16H,1-2,4,8-10H2,(H,23,28)(H,24,27). The molecule has 1 atom stereocenters. The van der Waals surface area contributed by atoms with Crippen molar-refractivity contribution in [1.82, 2.24) is 10.2 Å². The first-order valence-electron chi connectivity index (χ1n) is 9.33. The number of carbonyl (C=O) groups is 3. The molecule has 6 nitrogen and oxygen atoms in total. The predicted octanol–water partition coefficient (Wildman–Crippen LogP) is 4.19. The Morgan fingerprint density at radius 2 is 1.97 bits per heavy atom. The van der Waals surface area contributed by atoms with Gasteiger partial charge in [-0.3, -0.25) is 14.4 Å². The number of anilines is 1. The summed E-state index contributed by atoms with van der Waals surface area (Å²) in [6, 6.07) is 7.85. The zero-order chi connectivity index (χ0) is 20.8. The summed E-state index contributed by atoms with van der Waals surface area (Å²) in [5, 5.41) is 8.14. The van der Waals surface area contributed by atoms with Crippen molar-refractivity contribution in [3.8, 4) is 0 Å². The van der Waals surface area contributed by atoms with E-state index in [2.05, 4.69) is 10.6 Å². The first kappa shape index (κ1) is 21.6. The number of nitrogens with zero attached hydrogens (tertiary/aromatic N) is 1. The quantitative estimate of drug-likeness (QED) is 0.687. The molecule has 0 spiro atoms. The van der Waals surface area contributed by atoms with Crippen molar-refractivity contribution in [3.63, 3.8) is 0 Å². The van der Waals surface area contributed by atoms with Gasteiger partial charge in [0.05, 0.1) is 14.9 Å². The third-order valence-corrected chi connectivity index (χ3v) is 6.29. The zero-order valence-corrected chi connectivity index (χ0v) is 17.9. The zero-order valence-electron chi connectivity index (χ0n) is 15.6. The minimum absolute atomic E-state index is 0.146. The van der Waals surface area contributed by atoms with E-state index in [1.165, 1.54) is 11.3 Å². The molecule has 1 unspecified atom stereocenters. The van der Waals surface area contributed by atoms with E-state index in [-0.39, 0.29) is 30.7 Å². The lowest BCUT2D eigenvalue weighted by molar-refractivity contribution is -0.140. The van der Waals surface area contributed by atoms with Gasteiger partial charge in [-0.15, -0.1) is 11.3 Å². The van der Waals surface area contributed by atoms with E-state index in [9.17, 15) is 14.4 Å². The number of piperidine rings is 1. The van der Waals surface area contributed by atoms with Gasteiger partial charge in [-0.1, -0.05) is 29.3 Å². The van der Waals surface area contributed by atoms with Crippen LogP contribution in [0.2, 0.25) is 10.0 Å². The Hall–Kier alpha value is -2.09. The van der Waals surface area contributed by atoms with Crippen LogP contribution in [0.3, 0.4) is 0 Å². The minimum Gasteiger partial charge on any atom is -0.351 e. The Bertz CT molecular complexity index is 889. The van der Waals surface area contributed by atoms with E-state index < -0.39 is 6.04 Å². The highest BCUT2D eigenvalue weighted by Gasteiger charge is 2.32. The largest absolute Gasteiger partial charge is 0.351 e. The molecule has 154 valence electrons. The number of hydrogen-bond acceptors (Lipinski definition) is 4. The molecule has 3 rings (SSSR count). The SMILES string of the molecule is O=C(NCCC(=O)N1CCCCC1C(=O)Nc1ccc(Cl)c(Cl)c1)c1cccs1. The van der Waals surface area contributed by atoms with Gasteiger partial charge in [0.2, 0.25) is 11.8 Å². The van der Waals surface area contributed by atoms with Crippen LogP contribution in [0.4, 0.5) is 5.69 Å². The number of hydrogen-bond donors (Lipinski definition) is 2. The highest BCUT2D eigenvalue weighted by molar-refractivity contribution is 7.12. The molecule has 3 amide bonds. The van der Waals surface area contributed by atoms with Crippen molar-refractivity contribution >= 4 is 57.9 Å². The van der Waals surface area contributed by atoms with E-state index in [1.54, 1.807) is 35.2 Å². The fraction of sp³-hybridized carbons (Fsp3) is 0.350. The number of benzene rings is 1. The number of rotatable bonds is 6. The fourth-order valence-electron chi connectivity index (χ4n) is 3.22. The molecule has 1 saturated heterocycles. The second kappa shape index (κ2) is 10.1. The lowest BCUT2D eigenvalue weighted by Crippen LogP contribution is -2.50. The molecule has 2 aromatic rings. The topological polar surface area (TPSA) is 78.5 Å². The molecule has 1 aliphatic rings. The molecule has 1 aromatic heterocycles. The maximum atomic E-state index is 12.8. The van der Waals surface area contributed by atoms with Crippen LogP contribution in [-0.2, 0) is 9.59 Å². The number of thiophene rings is 1. The van der Waals surface area contributed by atoms with E-state index in [4.69, 9.17) is 23.2 Å². The number of nitrogens with one attached hydrogen (secondary N) is 2. The molecule has 1 aliphatic heterocycles. The Labute approximate surface area is 183 Å². The third-order valence-electron chi connectivity index (χ3n) is 4.68. The number of halogens is 2. The van der Waals surface area contributed by atoms with Crippen LogP contribution in [0.5, 0.6) is 0 Å². The summed E-state index contributed by atoms with van der Waals surface area (Å²) in [5.74, 6) is -0.593. The van der Waals surface area contributed by atoms with Gasteiger partial charge in [0.1, 0.15) is 6.04 Å². The normalized spacial score (nSPS) is 16.3. The smallest absolute Gasteiger partial charge is 0.261 e. The molecule has 29 heavy (non-hydrogen) atoms. The van der Waals surface area contributed by atoms with Crippen LogP contribution >= 0.6 is 34.5 Å². The lowest BCUT2D eigenvalue weighted by Gasteiger charge is -2.34. The highest BCUT2D eigenvalue weighted by Crippen LogP contribution is 2.26. The van der Waals surface area contributed by atoms with Crippen molar-refractivity contribution in [2.45, 2.75) is 31.7 Å². The first-order valence-corrected chi connectivity index (χ1v) is 11.0. The summed E-state index contributed by atoms with van der Waals surface area (Å²) in [7, 11) is 0. The second-order valence-corrected chi connectivity index (χ2v) is 8.46. The predicted molar refractivity (Wildman–Crippen MR) is 116 cm³/mol. The van der Waals surface area contributed by atoms with E-state index in [1.807, 2.05) is 5.38 Å². The van der Waals surface area contributed by atoms with Crippen LogP contribution in [-0.4, -0.2) is 41.8 Å². The first-order chi connectivity index (χ1) is 14.0. The van der Waals surface area contributed by atoms with Crippen molar-refractivity contribution in [2.24, 2.45) is 0 Å². The van der Waals surface area contributed by atoms with E-state index in [0.29, 0.717) is 33.6 Å². The lowest BCUT2D eigenvalue weighted by atomic mass is 10.0. The molecular weight excluding hydrogens is 433 g/mol. The monoisotopic (exact) mass is 453 g/mol. The van der Waals surface area contributed by atoms with Crippen LogP contribution < -0.4 is 10.6 Å². The van der Waals surface area contributed by atoms with E-state index >= 15 is 0 Å². The molecule has 0 bridgehead atoms. The minimum atomic E-state index is -0.543. The van der Waals surface area contributed by atoms with Gasteiger partial charge in [0, 0.05) is 25.2 Å². The average molecular weight is 454 g/mol. The molecular formula is C20H21Cl2N3O3S. The summed E-state index contributed by atoms with van der Waals surface area (Å²) in [6.45, 7) is 0.754. The van der Waals surface area contributed by atoms with Gasteiger partial charge >= 0.3 is 0 Å². The van der Waals surface area contributed by atoms with Gasteiger partial charge in [0.25, 0.3) is 5.91 Å². The van der Waals surface area contributed by atoms with Gasteiger partial charge in [-0.05, 0) is 48.9 Å². The third kappa shape index (κ3) is 5.72. The Balaban J connectivity index is 1.56. The van der Waals surface area contributed by atoms with Crippen molar-refractivity contribution < 1.29 is 14.4 Å². The number of amides is 3. The fourth-order valence-corrected chi connectivity index (χ4v) is 4.16. The molecule has 1 aromatic carbocycles. The Kier molecular flexibility index (Phi) is 7.52. The van der Waals surface area contributed by atoms with Gasteiger partial charge < -0.3 is 15.5 Å². The Morgan fingerprint density at radius 3 is 2.69 bits per heavy atom. The van der Waals surface area contributed by atoms with Crippen molar-refractivity contribution in [1.29, 1.82) is 0 Å².